The van der Waals surface area contributed by atoms with Crippen LogP contribution in [0.3, 0.4) is 0 Å². The highest BCUT2D eigenvalue weighted by Gasteiger charge is 2.22. The van der Waals surface area contributed by atoms with E-state index < -0.39 is 0 Å². The van der Waals surface area contributed by atoms with Gasteiger partial charge in [-0.3, -0.25) is 4.79 Å². The number of fused-ring (bicyclic) bond motifs is 1. The first-order valence-electron chi connectivity index (χ1n) is 9.08. The fourth-order valence-corrected chi connectivity index (χ4v) is 3.28. The molecule has 5 nitrogen and oxygen atoms in total. The molecule has 1 aromatic heterocycles. The van der Waals surface area contributed by atoms with Crippen molar-refractivity contribution in [3.05, 3.63) is 65.9 Å². The van der Waals surface area contributed by atoms with Gasteiger partial charge in [0.25, 0.3) is 0 Å². The Hall–Kier alpha value is -3.18. The molecule has 2 heterocycles. The van der Waals surface area contributed by atoms with Gasteiger partial charge in [0.05, 0.1) is 11.6 Å². The van der Waals surface area contributed by atoms with Gasteiger partial charge < -0.3 is 15.7 Å². The highest BCUT2D eigenvalue weighted by Crippen LogP contribution is 2.24. The van der Waals surface area contributed by atoms with Crippen molar-refractivity contribution >= 4 is 34.6 Å². The van der Waals surface area contributed by atoms with Gasteiger partial charge in [-0.15, -0.1) is 0 Å². The molecule has 1 aliphatic heterocycles. The molecule has 2 aromatic carbocycles. The monoisotopic (exact) mass is 359 g/mol. The van der Waals surface area contributed by atoms with Crippen LogP contribution >= 0.6 is 0 Å². The summed E-state index contributed by atoms with van der Waals surface area (Å²) in [7, 11) is 0. The summed E-state index contributed by atoms with van der Waals surface area (Å²) in [5.41, 5.74) is 3.02. The third kappa shape index (κ3) is 3.83. The fraction of sp³-hybridized carbons (Fsp3) is 0.182. The number of rotatable bonds is 4. The number of aromatic hydroxyl groups is 1. The van der Waals surface area contributed by atoms with Gasteiger partial charge in [0.2, 0.25) is 5.91 Å². The van der Waals surface area contributed by atoms with E-state index in [4.69, 9.17) is 0 Å². The zero-order valence-electron chi connectivity index (χ0n) is 14.9. The molecular formula is C22H21N3O2. The van der Waals surface area contributed by atoms with E-state index in [1.165, 1.54) is 0 Å². The molecule has 1 atom stereocenters. The second-order valence-corrected chi connectivity index (χ2v) is 6.68. The Morgan fingerprint density at radius 1 is 1.11 bits per heavy atom. The Balaban J connectivity index is 1.57. The first-order valence-corrected chi connectivity index (χ1v) is 9.08. The predicted molar refractivity (Wildman–Crippen MR) is 108 cm³/mol. The summed E-state index contributed by atoms with van der Waals surface area (Å²) in [6.45, 7) is 1.62. The molecule has 5 heteroatoms. The number of anilines is 1. The third-order valence-corrected chi connectivity index (χ3v) is 4.80. The van der Waals surface area contributed by atoms with Crippen LogP contribution in [0.4, 0.5) is 5.69 Å². The number of aromatic nitrogens is 1. The standard InChI is InChI=1S/C22H21N3O2/c26-20-7-3-5-16-9-11-18(24-21(16)20)10-8-15-4-1-2-6-19(15)25-22(27)17-12-13-23-14-17/h1-11,17,23,26H,12-14H2,(H,25,27)/b10-8+/t17-/m1/s1. The van der Waals surface area contributed by atoms with Crippen molar-refractivity contribution in [2.45, 2.75) is 6.42 Å². The minimum absolute atomic E-state index is 0.0205. The van der Waals surface area contributed by atoms with Crippen molar-refractivity contribution in [2.75, 3.05) is 18.4 Å². The second-order valence-electron chi connectivity index (χ2n) is 6.68. The summed E-state index contributed by atoms with van der Waals surface area (Å²) in [4.78, 5) is 16.9. The first-order chi connectivity index (χ1) is 13.2. The van der Waals surface area contributed by atoms with Gasteiger partial charge in [0.1, 0.15) is 11.3 Å². The molecule has 0 saturated carbocycles. The summed E-state index contributed by atoms with van der Waals surface area (Å²) in [6, 6.07) is 16.9. The Bertz CT molecular complexity index is 1010. The molecule has 0 unspecified atom stereocenters. The van der Waals surface area contributed by atoms with Crippen molar-refractivity contribution in [2.24, 2.45) is 5.92 Å². The fourth-order valence-electron chi connectivity index (χ4n) is 3.28. The Labute approximate surface area is 157 Å². The van der Waals surface area contributed by atoms with E-state index in [0.29, 0.717) is 5.52 Å². The molecule has 1 saturated heterocycles. The quantitative estimate of drug-likeness (QED) is 0.665. The van der Waals surface area contributed by atoms with Gasteiger partial charge in [-0.1, -0.05) is 42.5 Å². The number of carbonyl (C=O) groups is 1. The zero-order chi connectivity index (χ0) is 18.6. The van der Waals surface area contributed by atoms with Crippen molar-refractivity contribution in [3.63, 3.8) is 0 Å². The molecule has 1 aliphatic rings. The number of hydrogen-bond donors (Lipinski definition) is 3. The lowest BCUT2D eigenvalue weighted by molar-refractivity contribution is -0.119. The number of nitrogens with zero attached hydrogens (tertiary/aromatic N) is 1. The number of nitrogens with one attached hydrogen (secondary N) is 2. The zero-order valence-corrected chi connectivity index (χ0v) is 14.9. The molecule has 0 radical (unpaired) electrons. The molecule has 0 bridgehead atoms. The van der Waals surface area contributed by atoms with E-state index in [9.17, 15) is 9.90 Å². The largest absolute Gasteiger partial charge is 0.506 e. The van der Waals surface area contributed by atoms with Crippen LogP contribution in [-0.2, 0) is 4.79 Å². The number of phenols is 1. The van der Waals surface area contributed by atoms with Gasteiger partial charge in [-0.05, 0) is 42.8 Å². The highest BCUT2D eigenvalue weighted by molar-refractivity contribution is 5.95. The predicted octanol–water partition coefficient (Wildman–Crippen LogP) is 3.66. The van der Waals surface area contributed by atoms with E-state index >= 15 is 0 Å². The minimum atomic E-state index is 0.0205. The Morgan fingerprint density at radius 3 is 2.85 bits per heavy atom. The molecular weight excluding hydrogens is 338 g/mol. The molecule has 3 aromatic rings. The Kier molecular flexibility index (Phi) is 4.85. The van der Waals surface area contributed by atoms with Crippen molar-refractivity contribution in [1.29, 1.82) is 0 Å². The van der Waals surface area contributed by atoms with Crippen molar-refractivity contribution in [3.8, 4) is 5.75 Å². The van der Waals surface area contributed by atoms with Crippen LogP contribution in [0.2, 0.25) is 0 Å². The molecule has 1 amide bonds. The normalized spacial score (nSPS) is 16.8. The van der Waals surface area contributed by atoms with E-state index in [1.54, 1.807) is 12.1 Å². The summed E-state index contributed by atoms with van der Waals surface area (Å²) in [6.07, 6.45) is 4.68. The van der Waals surface area contributed by atoms with Crippen LogP contribution in [0.1, 0.15) is 17.7 Å². The van der Waals surface area contributed by atoms with Crippen LogP contribution in [0, 0.1) is 5.92 Å². The van der Waals surface area contributed by atoms with E-state index in [1.807, 2.05) is 54.6 Å². The van der Waals surface area contributed by atoms with Gasteiger partial charge in [-0.2, -0.15) is 0 Å². The Morgan fingerprint density at radius 2 is 2.00 bits per heavy atom. The number of carbonyl (C=O) groups excluding carboxylic acids is 1. The van der Waals surface area contributed by atoms with E-state index in [-0.39, 0.29) is 17.6 Å². The number of para-hydroxylation sites is 2. The smallest absolute Gasteiger partial charge is 0.228 e. The maximum absolute atomic E-state index is 12.4. The summed E-state index contributed by atoms with van der Waals surface area (Å²) < 4.78 is 0. The molecule has 0 aliphatic carbocycles. The topological polar surface area (TPSA) is 74.2 Å². The maximum atomic E-state index is 12.4. The maximum Gasteiger partial charge on any atom is 0.228 e. The lowest BCUT2D eigenvalue weighted by Crippen LogP contribution is -2.24. The van der Waals surface area contributed by atoms with Crippen LogP contribution in [-0.4, -0.2) is 29.1 Å². The second kappa shape index (κ2) is 7.60. The van der Waals surface area contributed by atoms with Crippen LogP contribution in [0.15, 0.2) is 54.6 Å². The highest BCUT2D eigenvalue weighted by atomic mass is 16.3. The number of phenolic OH excluding ortho intramolecular Hbond substituents is 1. The van der Waals surface area contributed by atoms with Crippen molar-refractivity contribution in [1.82, 2.24) is 10.3 Å². The van der Waals surface area contributed by atoms with Gasteiger partial charge in [0.15, 0.2) is 0 Å². The SMILES string of the molecule is O=C(Nc1ccccc1/C=C/c1ccc2cccc(O)c2n1)[C@@H]1CCNC1. The third-order valence-electron chi connectivity index (χ3n) is 4.80. The number of benzene rings is 2. The van der Waals surface area contributed by atoms with Crippen LogP contribution in [0.25, 0.3) is 23.1 Å². The van der Waals surface area contributed by atoms with Gasteiger partial charge in [-0.25, -0.2) is 4.98 Å². The minimum Gasteiger partial charge on any atom is -0.506 e. The first kappa shape index (κ1) is 17.2. The summed E-state index contributed by atoms with van der Waals surface area (Å²) in [5.74, 6) is 0.238. The average Bonchev–Trinajstić information content (AvgIpc) is 3.23. The number of hydrogen-bond acceptors (Lipinski definition) is 4. The molecule has 0 spiro atoms. The van der Waals surface area contributed by atoms with Crippen LogP contribution < -0.4 is 10.6 Å². The van der Waals surface area contributed by atoms with E-state index in [2.05, 4.69) is 15.6 Å². The molecule has 4 rings (SSSR count). The average molecular weight is 359 g/mol. The number of pyridine rings is 1. The van der Waals surface area contributed by atoms with Gasteiger partial charge in [0, 0.05) is 17.6 Å². The molecule has 3 N–H and O–H groups in total. The molecule has 27 heavy (non-hydrogen) atoms. The van der Waals surface area contributed by atoms with Crippen LogP contribution in [0.5, 0.6) is 5.75 Å². The number of amides is 1. The molecule has 1 fully saturated rings. The summed E-state index contributed by atoms with van der Waals surface area (Å²) in [5, 5.41) is 17.1. The lowest BCUT2D eigenvalue weighted by Gasteiger charge is -2.12. The van der Waals surface area contributed by atoms with Gasteiger partial charge >= 0.3 is 0 Å². The molecule has 136 valence electrons. The van der Waals surface area contributed by atoms with Crippen molar-refractivity contribution < 1.29 is 9.90 Å². The summed E-state index contributed by atoms with van der Waals surface area (Å²) >= 11 is 0. The van der Waals surface area contributed by atoms with E-state index in [0.717, 1.165) is 41.8 Å². The lowest BCUT2D eigenvalue weighted by atomic mass is 10.1.